The van der Waals surface area contributed by atoms with Crippen LogP contribution in [0.4, 0.5) is 0 Å². The first-order valence-corrected chi connectivity index (χ1v) is 14.4. The number of carbonyl (C=O) groups excluding carboxylic acids is 3. The van der Waals surface area contributed by atoms with Crippen LogP contribution in [0.15, 0.2) is 60.2 Å². The first-order chi connectivity index (χ1) is 18.3. The molecule has 0 spiro atoms. The molecule has 0 aromatic heterocycles. The largest absolute Gasteiger partial charge is 0.300 e. The Labute approximate surface area is 228 Å². The summed E-state index contributed by atoms with van der Waals surface area (Å²) in [4.78, 5) is 37.9. The Morgan fingerprint density at radius 2 is 1.79 bits per heavy atom. The second-order valence-corrected chi connectivity index (χ2v) is 11.4. The van der Waals surface area contributed by atoms with E-state index in [9.17, 15) is 14.4 Å². The van der Waals surface area contributed by atoms with Crippen molar-refractivity contribution in [1.29, 1.82) is 0 Å². The third-order valence-electron chi connectivity index (χ3n) is 8.53. The maximum atomic E-state index is 13.5. The molecule has 38 heavy (non-hydrogen) atoms. The zero-order valence-electron chi connectivity index (χ0n) is 23.5. The Morgan fingerprint density at radius 3 is 2.47 bits per heavy atom. The molecule has 4 rings (SSSR count). The molecule has 200 valence electrons. The van der Waals surface area contributed by atoms with E-state index in [0.717, 1.165) is 61.6 Å². The normalized spacial score (nSPS) is 18.4. The van der Waals surface area contributed by atoms with E-state index in [1.165, 1.54) is 29.2 Å². The molecular formula is C35H42O3. The fourth-order valence-corrected chi connectivity index (χ4v) is 6.74. The van der Waals surface area contributed by atoms with Crippen LogP contribution in [0, 0.1) is 24.7 Å². The van der Waals surface area contributed by atoms with Gasteiger partial charge >= 0.3 is 0 Å². The number of Topliss-reactive ketones (excluding diaryl/α,β-unsaturated/α-hetero) is 3. The standard InChI is InChI=1S/C35H42O3/c1-5-10-30(32(6-2)33(37)17-23(3)36)20-26-21-31-16-15-28(24(4)35(31)34(38)22-26)18-25-13-14-29(19-25)27-11-8-7-9-12-27/h7-9,11-12,14-16,19,26,30,32H,5-6,10,13,17-18,20-22H2,1-4H3. The fraction of sp³-hybridized carbons (Fsp3) is 0.457. The number of carbonyl (C=O) groups is 3. The van der Waals surface area contributed by atoms with Gasteiger partial charge in [0.2, 0.25) is 0 Å². The summed E-state index contributed by atoms with van der Waals surface area (Å²) in [6, 6.07) is 14.9. The lowest BCUT2D eigenvalue weighted by molar-refractivity contribution is -0.129. The lowest BCUT2D eigenvalue weighted by atomic mass is 9.71. The molecule has 3 unspecified atom stereocenters. The van der Waals surface area contributed by atoms with Crippen molar-refractivity contribution in [1.82, 2.24) is 0 Å². The van der Waals surface area contributed by atoms with Crippen LogP contribution in [0.2, 0.25) is 0 Å². The predicted molar refractivity (Wildman–Crippen MR) is 155 cm³/mol. The van der Waals surface area contributed by atoms with E-state index in [1.807, 2.05) is 6.07 Å². The molecule has 0 amide bonds. The van der Waals surface area contributed by atoms with Gasteiger partial charge in [0.15, 0.2) is 5.78 Å². The van der Waals surface area contributed by atoms with Crippen LogP contribution >= 0.6 is 0 Å². The summed E-state index contributed by atoms with van der Waals surface area (Å²) in [5.41, 5.74) is 8.39. The van der Waals surface area contributed by atoms with Gasteiger partial charge < -0.3 is 0 Å². The van der Waals surface area contributed by atoms with E-state index in [0.29, 0.717) is 6.42 Å². The van der Waals surface area contributed by atoms with Gasteiger partial charge in [-0.25, -0.2) is 0 Å². The van der Waals surface area contributed by atoms with Crippen LogP contribution in [0.3, 0.4) is 0 Å². The van der Waals surface area contributed by atoms with Crippen molar-refractivity contribution in [2.24, 2.45) is 17.8 Å². The zero-order valence-corrected chi connectivity index (χ0v) is 23.5. The number of hydrogen-bond acceptors (Lipinski definition) is 3. The highest BCUT2D eigenvalue weighted by molar-refractivity contribution is 6.00. The van der Waals surface area contributed by atoms with Crippen LogP contribution in [-0.4, -0.2) is 17.3 Å². The van der Waals surface area contributed by atoms with E-state index in [1.54, 1.807) is 0 Å². The zero-order chi connectivity index (χ0) is 27.2. The number of benzene rings is 2. The summed E-state index contributed by atoms with van der Waals surface area (Å²) in [6.45, 7) is 7.81. The fourth-order valence-electron chi connectivity index (χ4n) is 6.74. The van der Waals surface area contributed by atoms with E-state index in [4.69, 9.17) is 0 Å². The van der Waals surface area contributed by atoms with Crippen LogP contribution in [0.5, 0.6) is 0 Å². The number of ketones is 3. The van der Waals surface area contributed by atoms with Crippen molar-refractivity contribution in [2.45, 2.75) is 85.5 Å². The molecule has 2 aliphatic rings. The lowest BCUT2D eigenvalue weighted by Crippen LogP contribution is -2.30. The minimum absolute atomic E-state index is 0.0337. The van der Waals surface area contributed by atoms with Gasteiger partial charge in [0.05, 0.1) is 6.42 Å². The van der Waals surface area contributed by atoms with Crippen molar-refractivity contribution in [3.8, 4) is 0 Å². The Hall–Kier alpha value is -3.07. The molecule has 0 N–H and O–H groups in total. The summed E-state index contributed by atoms with van der Waals surface area (Å²) in [7, 11) is 0. The van der Waals surface area contributed by atoms with Gasteiger partial charge in [-0.3, -0.25) is 14.4 Å². The van der Waals surface area contributed by atoms with Crippen LogP contribution in [0.1, 0.15) is 98.3 Å². The quantitative estimate of drug-likeness (QED) is 0.271. The van der Waals surface area contributed by atoms with Gasteiger partial charge in [0.1, 0.15) is 11.6 Å². The molecule has 2 aromatic rings. The van der Waals surface area contributed by atoms with Gasteiger partial charge in [0, 0.05) is 17.9 Å². The first kappa shape index (κ1) is 28.0. The van der Waals surface area contributed by atoms with E-state index < -0.39 is 0 Å². The average molecular weight is 511 g/mol. The van der Waals surface area contributed by atoms with E-state index >= 15 is 0 Å². The molecule has 2 aliphatic carbocycles. The number of rotatable bonds is 12. The van der Waals surface area contributed by atoms with Crippen LogP contribution in [0.25, 0.3) is 5.57 Å². The highest BCUT2D eigenvalue weighted by atomic mass is 16.1. The molecule has 0 heterocycles. The second kappa shape index (κ2) is 12.7. The number of allylic oxidation sites excluding steroid dienone is 4. The highest BCUT2D eigenvalue weighted by Gasteiger charge is 2.33. The Morgan fingerprint density at radius 1 is 1.03 bits per heavy atom. The van der Waals surface area contributed by atoms with Gasteiger partial charge in [-0.1, -0.05) is 86.9 Å². The minimum atomic E-state index is -0.0893. The maximum absolute atomic E-state index is 13.5. The molecule has 0 bridgehead atoms. The monoisotopic (exact) mass is 510 g/mol. The third kappa shape index (κ3) is 6.49. The molecule has 3 nitrogen and oxygen atoms in total. The van der Waals surface area contributed by atoms with Gasteiger partial charge in [0.25, 0.3) is 0 Å². The van der Waals surface area contributed by atoms with Gasteiger partial charge in [-0.05, 0) is 85.6 Å². The molecule has 3 heteroatoms. The summed E-state index contributed by atoms with van der Waals surface area (Å²) in [5.74, 6) is 0.666. The molecule has 3 atom stereocenters. The first-order valence-electron chi connectivity index (χ1n) is 14.4. The van der Waals surface area contributed by atoms with E-state index in [2.05, 4.69) is 69.3 Å². The van der Waals surface area contributed by atoms with Crippen molar-refractivity contribution in [3.05, 3.63) is 88.0 Å². The van der Waals surface area contributed by atoms with Crippen molar-refractivity contribution >= 4 is 22.9 Å². The molecule has 0 fully saturated rings. The molecule has 2 aromatic carbocycles. The molecular weight excluding hydrogens is 468 g/mol. The van der Waals surface area contributed by atoms with Crippen molar-refractivity contribution < 1.29 is 14.4 Å². The Balaban J connectivity index is 1.47. The predicted octanol–water partition coefficient (Wildman–Crippen LogP) is 8.08. The summed E-state index contributed by atoms with van der Waals surface area (Å²) in [6.07, 6.45) is 11.5. The molecule has 0 radical (unpaired) electrons. The molecule has 0 saturated heterocycles. The summed E-state index contributed by atoms with van der Waals surface area (Å²) in [5, 5.41) is 0. The number of fused-ring (bicyclic) bond motifs is 1. The van der Waals surface area contributed by atoms with E-state index in [-0.39, 0.29) is 41.5 Å². The van der Waals surface area contributed by atoms with Gasteiger partial charge in [-0.2, -0.15) is 0 Å². The smallest absolute Gasteiger partial charge is 0.163 e. The highest BCUT2D eigenvalue weighted by Crippen LogP contribution is 2.38. The van der Waals surface area contributed by atoms with Crippen molar-refractivity contribution in [3.63, 3.8) is 0 Å². The topological polar surface area (TPSA) is 51.2 Å². The Kier molecular flexibility index (Phi) is 9.31. The van der Waals surface area contributed by atoms with Crippen LogP contribution < -0.4 is 0 Å². The number of hydrogen-bond donors (Lipinski definition) is 0. The maximum Gasteiger partial charge on any atom is 0.163 e. The summed E-state index contributed by atoms with van der Waals surface area (Å²) >= 11 is 0. The van der Waals surface area contributed by atoms with Crippen molar-refractivity contribution in [2.75, 3.05) is 0 Å². The SMILES string of the molecule is CCCC(CC1CC(=O)c2c(ccc(CC3=CC(c4ccccc4)=CC3)c2C)C1)C(CC)C(=O)CC(C)=O. The van der Waals surface area contributed by atoms with Gasteiger partial charge in [-0.15, -0.1) is 0 Å². The summed E-state index contributed by atoms with van der Waals surface area (Å²) < 4.78 is 0. The minimum Gasteiger partial charge on any atom is -0.300 e. The lowest BCUT2D eigenvalue weighted by Gasteiger charge is -2.32. The second-order valence-electron chi connectivity index (χ2n) is 11.4. The Bertz CT molecular complexity index is 1250. The average Bonchev–Trinajstić information content (AvgIpc) is 3.35. The molecule has 0 aliphatic heterocycles. The molecule has 0 saturated carbocycles. The van der Waals surface area contributed by atoms with Crippen LogP contribution in [-0.2, 0) is 22.4 Å². The third-order valence-corrected chi connectivity index (χ3v) is 8.53.